The third-order valence-corrected chi connectivity index (χ3v) is 5.64. The lowest BCUT2D eigenvalue weighted by atomic mass is 9.99. The summed E-state index contributed by atoms with van der Waals surface area (Å²) in [4.78, 5) is 27.5. The van der Waals surface area contributed by atoms with Gasteiger partial charge in [0.15, 0.2) is 0 Å². The van der Waals surface area contributed by atoms with E-state index in [1.54, 1.807) is 24.3 Å². The van der Waals surface area contributed by atoms with Crippen molar-refractivity contribution in [1.29, 1.82) is 0 Å². The molecule has 0 saturated heterocycles. The van der Waals surface area contributed by atoms with Crippen molar-refractivity contribution in [3.63, 3.8) is 0 Å². The van der Waals surface area contributed by atoms with Crippen molar-refractivity contribution in [3.05, 3.63) is 101 Å². The number of carbonyl (C=O) groups is 2. The van der Waals surface area contributed by atoms with E-state index in [0.717, 1.165) is 17.7 Å². The SMILES string of the molecule is CC(C)c1ccccc1NC(=O)c1ccc(C(=O)N2CCc3ccccc3C2)cc1. The van der Waals surface area contributed by atoms with Gasteiger partial charge >= 0.3 is 0 Å². The zero-order chi connectivity index (χ0) is 21.1. The van der Waals surface area contributed by atoms with Crippen molar-refractivity contribution in [3.8, 4) is 0 Å². The Hall–Kier alpha value is -3.40. The number of hydrogen-bond acceptors (Lipinski definition) is 2. The van der Waals surface area contributed by atoms with E-state index in [2.05, 4.69) is 31.3 Å². The summed E-state index contributed by atoms with van der Waals surface area (Å²) in [6, 6.07) is 23.0. The van der Waals surface area contributed by atoms with Gasteiger partial charge in [0.2, 0.25) is 0 Å². The van der Waals surface area contributed by atoms with Gasteiger partial charge < -0.3 is 10.2 Å². The molecule has 3 aromatic rings. The van der Waals surface area contributed by atoms with Crippen LogP contribution in [0.25, 0.3) is 0 Å². The van der Waals surface area contributed by atoms with Gasteiger partial charge in [-0.1, -0.05) is 56.3 Å². The Bertz CT molecular complexity index is 1070. The molecule has 0 spiro atoms. The van der Waals surface area contributed by atoms with Gasteiger partial charge in [0, 0.05) is 29.9 Å². The second kappa shape index (κ2) is 8.54. The number of amides is 2. The van der Waals surface area contributed by atoms with Gasteiger partial charge in [-0.2, -0.15) is 0 Å². The molecule has 0 atom stereocenters. The molecule has 30 heavy (non-hydrogen) atoms. The van der Waals surface area contributed by atoms with Crippen LogP contribution in [0.15, 0.2) is 72.8 Å². The van der Waals surface area contributed by atoms with E-state index < -0.39 is 0 Å². The molecule has 0 fully saturated rings. The van der Waals surface area contributed by atoms with Crippen LogP contribution in [0.1, 0.15) is 57.2 Å². The number of fused-ring (bicyclic) bond motifs is 1. The van der Waals surface area contributed by atoms with Crippen LogP contribution < -0.4 is 5.32 Å². The molecule has 1 heterocycles. The van der Waals surface area contributed by atoms with Gasteiger partial charge in [-0.3, -0.25) is 9.59 Å². The first-order valence-corrected chi connectivity index (χ1v) is 10.4. The van der Waals surface area contributed by atoms with E-state index in [4.69, 9.17) is 0 Å². The molecule has 152 valence electrons. The van der Waals surface area contributed by atoms with E-state index >= 15 is 0 Å². The van der Waals surface area contributed by atoms with E-state index in [-0.39, 0.29) is 11.8 Å². The second-order valence-electron chi connectivity index (χ2n) is 8.02. The summed E-state index contributed by atoms with van der Waals surface area (Å²) in [5, 5.41) is 3.00. The van der Waals surface area contributed by atoms with Crippen LogP contribution in [-0.2, 0) is 13.0 Å². The normalized spacial score (nSPS) is 13.1. The highest BCUT2D eigenvalue weighted by Gasteiger charge is 2.21. The highest BCUT2D eigenvalue weighted by atomic mass is 16.2. The largest absolute Gasteiger partial charge is 0.334 e. The molecule has 1 aliphatic rings. The van der Waals surface area contributed by atoms with Crippen molar-refractivity contribution >= 4 is 17.5 Å². The van der Waals surface area contributed by atoms with Crippen molar-refractivity contribution in [2.45, 2.75) is 32.7 Å². The van der Waals surface area contributed by atoms with Gasteiger partial charge in [-0.15, -0.1) is 0 Å². The number of nitrogens with zero attached hydrogens (tertiary/aromatic N) is 1. The predicted octanol–water partition coefficient (Wildman–Crippen LogP) is 5.26. The Kier molecular flexibility index (Phi) is 5.66. The van der Waals surface area contributed by atoms with Gasteiger partial charge in [0.25, 0.3) is 11.8 Å². The van der Waals surface area contributed by atoms with Crippen LogP contribution in [0.5, 0.6) is 0 Å². The predicted molar refractivity (Wildman–Crippen MR) is 120 cm³/mol. The lowest BCUT2D eigenvalue weighted by Gasteiger charge is -2.29. The van der Waals surface area contributed by atoms with Crippen LogP contribution in [0.4, 0.5) is 5.69 Å². The van der Waals surface area contributed by atoms with Crippen molar-refractivity contribution in [2.24, 2.45) is 0 Å². The molecule has 3 aromatic carbocycles. The minimum Gasteiger partial charge on any atom is -0.334 e. The number of anilines is 1. The summed E-state index contributed by atoms with van der Waals surface area (Å²) in [5.41, 5.74) is 5.59. The first kappa shape index (κ1) is 19.9. The van der Waals surface area contributed by atoms with E-state index in [1.165, 1.54) is 11.1 Å². The Balaban J connectivity index is 1.45. The van der Waals surface area contributed by atoms with Crippen LogP contribution in [0.3, 0.4) is 0 Å². The molecule has 0 unspecified atom stereocenters. The Morgan fingerprint density at radius 3 is 2.20 bits per heavy atom. The zero-order valence-electron chi connectivity index (χ0n) is 17.4. The lowest BCUT2D eigenvalue weighted by Crippen LogP contribution is -2.35. The maximum absolute atomic E-state index is 12.9. The third-order valence-electron chi connectivity index (χ3n) is 5.64. The van der Waals surface area contributed by atoms with Gasteiger partial charge in [0.05, 0.1) is 0 Å². The molecule has 1 aliphatic heterocycles. The Morgan fingerprint density at radius 1 is 0.833 bits per heavy atom. The fourth-order valence-corrected chi connectivity index (χ4v) is 3.92. The highest BCUT2D eigenvalue weighted by Crippen LogP contribution is 2.24. The van der Waals surface area contributed by atoms with Crippen LogP contribution >= 0.6 is 0 Å². The minimum atomic E-state index is -0.172. The molecular weight excluding hydrogens is 372 g/mol. The summed E-state index contributed by atoms with van der Waals surface area (Å²) < 4.78 is 0. The fourth-order valence-electron chi connectivity index (χ4n) is 3.92. The molecule has 0 aliphatic carbocycles. The monoisotopic (exact) mass is 398 g/mol. The number of carbonyl (C=O) groups excluding carboxylic acids is 2. The molecule has 4 nitrogen and oxygen atoms in total. The van der Waals surface area contributed by atoms with E-state index in [9.17, 15) is 9.59 Å². The minimum absolute atomic E-state index is 0.00150. The first-order chi connectivity index (χ1) is 14.5. The van der Waals surface area contributed by atoms with Crippen LogP contribution in [0.2, 0.25) is 0 Å². The molecule has 0 bridgehead atoms. The smallest absolute Gasteiger partial charge is 0.255 e. The van der Waals surface area contributed by atoms with Gasteiger partial charge in [0.1, 0.15) is 0 Å². The Labute approximate surface area is 177 Å². The van der Waals surface area contributed by atoms with E-state index in [1.807, 2.05) is 41.3 Å². The number of para-hydroxylation sites is 1. The average molecular weight is 399 g/mol. The van der Waals surface area contributed by atoms with Crippen molar-refractivity contribution < 1.29 is 9.59 Å². The maximum Gasteiger partial charge on any atom is 0.255 e. The highest BCUT2D eigenvalue weighted by molar-refractivity contribution is 6.05. The van der Waals surface area contributed by atoms with Crippen molar-refractivity contribution in [2.75, 3.05) is 11.9 Å². The van der Waals surface area contributed by atoms with Gasteiger partial charge in [-0.05, 0) is 59.4 Å². The molecule has 0 saturated carbocycles. The molecule has 4 rings (SSSR count). The van der Waals surface area contributed by atoms with Gasteiger partial charge in [-0.25, -0.2) is 0 Å². The number of rotatable bonds is 4. The summed E-state index contributed by atoms with van der Waals surface area (Å²) in [6.45, 7) is 5.54. The van der Waals surface area contributed by atoms with Crippen LogP contribution in [0, 0.1) is 0 Å². The molecule has 2 amide bonds. The van der Waals surface area contributed by atoms with Crippen LogP contribution in [-0.4, -0.2) is 23.3 Å². The number of hydrogen-bond donors (Lipinski definition) is 1. The zero-order valence-corrected chi connectivity index (χ0v) is 17.4. The molecule has 1 N–H and O–H groups in total. The Morgan fingerprint density at radius 2 is 1.47 bits per heavy atom. The molecule has 0 aromatic heterocycles. The molecule has 4 heteroatoms. The number of benzene rings is 3. The summed E-state index contributed by atoms with van der Waals surface area (Å²) in [7, 11) is 0. The standard InChI is InChI=1S/C26H26N2O2/c1-18(2)23-9-5-6-10-24(23)27-25(29)20-11-13-21(14-12-20)26(30)28-16-15-19-7-3-4-8-22(19)17-28/h3-14,18H,15-17H2,1-2H3,(H,27,29). The maximum atomic E-state index is 12.9. The topological polar surface area (TPSA) is 49.4 Å². The summed E-state index contributed by atoms with van der Waals surface area (Å²) in [5.74, 6) is 0.145. The summed E-state index contributed by atoms with van der Waals surface area (Å²) >= 11 is 0. The summed E-state index contributed by atoms with van der Waals surface area (Å²) in [6.07, 6.45) is 0.873. The van der Waals surface area contributed by atoms with Crippen molar-refractivity contribution in [1.82, 2.24) is 4.90 Å². The quantitative estimate of drug-likeness (QED) is 0.652. The molecule has 0 radical (unpaired) electrons. The lowest BCUT2D eigenvalue weighted by molar-refractivity contribution is 0.0734. The first-order valence-electron chi connectivity index (χ1n) is 10.4. The van der Waals surface area contributed by atoms with E-state index in [0.29, 0.717) is 30.1 Å². The second-order valence-corrected chi connectivity index (χ2v) is 8.02. The average Bonchev–Trinajstić information content (AvgIpc) is 2.78. The number of nitrogens with one attached hydrogen (secondary N) is 1. The fraction of sp³-hybridized carbons (Fsp3) is 0.231. The molecular formula is C26H26N2O2. The third kappa shape index (κ3) is 4.13.